The molecule has 15 heavy (non-hydrogen) atoms. The summed E-state index contributed by atoms with van der Waals surface area (Å²) in [5.74, 6) is 0.339. The first-order valence-corrected chi connectivity index (χ1v) is 5.62. The smallest absolute Gasteiger partial charge is 0.324 e. The highest BCUT2D eigenvalue weighted by Crippen LogP contribution is 2.08. The predicted molar refractivity (Wildman–Crippen MR) is 61.6 cm³/mol. The third-order valence-corrected chi connectivity index (χ3v) is 2.79. The van der Waals surface area contributed by atoms with Crippen LogP contribution in [-0.2, 0) is 9.53 Å². The van der Waals surface area contributed by atoms with Crippen LogP contribution in [0, 0.1) is 5.92 Å². The first kappa shape index (κ1) is 14.4. The van der Waals surface area contributed by atoms with Crippen LogP contribution in [0.4, 0.5) is 0 Å². The second-order valence-corrected chi connectivity index (χ2v) is 3.88. The molecule has 2 unspecified atom stereocenters. The minimum absolute atomic E-state index is 0.234. The van der Waals surface area contributed by atoms with E-state index in [0.717, 1.165) is 19.5 Å². The SMILES string of the molecule is CCC(C)CN(CC)C(CN)C(=O)OC. The summed E-state index contributed by atoms with van der Waals surface area (Å²) in [5.41, 5.74) is 5.60. The lowest BCUT2D eigenvalue weighted by Gasteiger charge is -2.29. The zero-order valence-electron chi connectivity index (χ0n) is 10.3. The van der Waals surface area contributed by atoms with Gasteiger partial charge < -0.3 is 10.5 Å². The van der Waals surface area contributed by atoms with Gasteiger partial charge in [-0.25, -0.2) is 0 Å². The highest BCUT2D eigenvalue weighted by molar-refractivity contribution is 5.75. The maximum absolute atomic E-state index is 11.5. The van der Waals surface area contributed by atoms with Gasteiger partial charge in [-0.15, -0.1) is 0 Å². The molecule has 0 aromatic carbocycles. The molecule has 0 rings (SSSR count). The molecule has 0 amide bonds. The third kappa shape index (κ3) is 4.62. The molecule has 90 valence electrons. The molecule has 0 aliphatic carbocycles. The third-order valence-electron chi connectivity index (χ3n) is 2.79. The summed E-state index contributed by atoms with van der Waals surface area (Å²) < 4.78 is 4.74. The van der Waals surface area contributed by atoms with Crippen molar-refractivity contribution in [3.63, 3.8) is 0 Å². The highest BCUT2D eigenvalue weighted by atomic mass is 16.5. The number of nitrogens with two attached hydrogens (primary N) is 1. The van der Waals surface area contributed by atoms with Gasteiger partial charge in [0.25, 0.3) is 0 Å². The van der Waals surface area contributed by atoms with Crippen molar-refractivity contribution in [1.82, 2.24) is 4.90 Å². The number of hydrogen-bond donors (Lipinski definition) is 1. The second-order valence-electron chi connectivity index (χ2n) is 3.88. The van der Waals surface area contributed by atoms with E-state index in [1.54, 1.807) is 0 Å². The van der Waals surface area contributed by atoms with Crippen LogP contribution >= 0.6 is 0 Å². The molecule has 0 spiro atoms. The van der Waals surface area contributed by atoms with E-state index in [9.17, 15) is 4.79 Å². The van der Waals surface area contributed by atoms with Crippen molar-refractivity contribution in [2.75, 3.05) is 26.7 Å². The number of likely N-dealkylation sites (N-methyl/N-ethyl adjacent to an activating group) is 1. The molecule has 4 heteroatoms. The van der Waals surface area contributed by atoms with Gasteiger partial charge in [0, 0.05) is 13.1 Å². The van der Waals surface area contributed by atoms with Gasteiger partial charge in [-0.05, 0) is 12.5 Å². The van der Waals surface area contributed by atoms with E-state index in [1.165, 1.54) is 7.11 Å². The molecule has 0 heterocycles. The minimum atomic E-state index is -0.297. The highest BCUT2D eigenvalue weighted by Gasteiger charge is 2.24. The Labute approximate surface area is 92.8 Å². The Balaban J connectivity index is 4.39. The average molecular weight is 216 g/mol. The van der Waals surface area contributed by atoms with Crippen molar-refractivity contribution in [2.24, 2.45) is 11.7 Å². The van der Waals surface area contributed by atoms with E-state index in [2.05, 4.69) is 18.7 Å². The monoisotopic (exact) mass is 216 g/mol. The summed E-state index contributed by atoms with van der Waals surface area (Å²) in [6.07, 6.45) is 1.11. The van der Waals surface area contributed by atoms with Crippen LogP contribution < -0.4 is 5.73 Å². The lowest BCUT2D eigenvalue weighted by Crippen LogP contribution is -2.48. The van der Waals surface area contributed by atoms with Crippen molar-refractivity contribution >= 4 is 5.97 Å². The number of carbonyl (C=O) groups excluding carboxylic acids is 1. The summed E-state index contributed by atoms with van der Waals surface area (Å²) >= 11 is 0. The van der Waals surface area contributed by atoms with Crippen LogP contribution in [0.3, 0.4) is 0 Å². The number of esters is 1. The lowest BCUT2D eigenvalue weighted by molar-refractivity contribution is -0.146. The molecule has 0 aromatic heterocycles. The fourth-order valence-corrected chi connectivity index (χ4v) is 1.54. The molecule has 0 aromatic rings. The largest absolute Gasteiger partial charge is 0.468 e. The van der Waals surface area contributed by atoms with E-state index in [0.29, 0.717) is 12.5 Å². The number of methoxy groups -OCH3 is 1. The van der Waals surface area contributed by atoms with Crippen LogP contribution in [0.25, 0.3) is 0 Å². The van der Waals surface area contributed by atoms with Gasteiger partial charge in [0.1, 0.15) is 6.04 Å². The fourth-order valence-electron chi connectivity index (χ4n) is 1.54. The first-order chi connectivity index (χ1) is 7.10. The Morgan fingerprint density at radius 3 is 2.40 bits per heavy atom. The van der Waals surface area contributed by atoms with Crippen molar-refractivity contribution in [3.8, 4) is 0 Å². The Bertz CT molecular complexity index is 185. The molecule has 0 fully saturated rings. The van der Waals surface area contributed by atoms with E-state index in [-0.39, 0.29) is 12.0 Å². The van der Waals surface area contributed by atoms with E-state index < -0.39 is 0 Å². The summed E-state index contributed by atoms with van der Waals surface area (Å²) in [5, 5.41) is 0. The molecule has 0 radical (unpaired) electrons. The number of nitrogens with zero attached hydrogens (tertiary/aromatic N) is 1. The number of ether oxygens (including phenoxy) is 1. The van der Waals surface area contributed by atoms with Crippen molar-refractivity contribution in [2.45, 2.75) is 33.2 Å². The van der Waals surface area contributed by atoms with Gasteiger partial charge in [0.15, 0.2) is 0 Å². The quantitative estimate of drug-likeness (QED) is 0.641. The lowest BCUT2D eigenvalue weighted by atomic mass is 10.1. The maximum atomic E-state index is 11.5. The number of carbonyl (C=O) groups is 1. The molecule has 2 atom stereocenters. The van der Waals surface area contributed by atoms with Crippen LogP contribution in [0.2, 0.25) is 0 Å². The van der Waals surface area contributed by atoms with E-state index in [1.807, 2.05) is 6.92 Å². The molecule has 0 bridgehead atoms. The van der Waals surface area contributed by atoms with Gasteiger partial charge in [-0.3, -0.25) is 9.69 Å². The molecule has 0 saturated heterocycles. The average Bonchev–Trinajstić information content (AvgIpc) is 2.27. The summed E-state index contributed by atoms with van der Waals surface area (Å²) in [6.45, 7) is 8.39. The maximum Gasteiger partial charge on any atom is 0.324 e. The molecular formula is C11H24N2O2. The number of hydrogen-bond acceptors (Lipinski definition) is 4. The zero-order chi connectivity index (χ0) is 11.8. The summed E-state index contributed by atoms with van der Waals surface area (Å²) in [7, 11) is 1.40. The minimum Gasteiger partial charge on any atom is -0.468 e. The molecule has 0 aliphatic heterocycles. The molecule has 0 saturated carbocycles. The van der Waals surface area contributed by atoms with E-state index in [4.69, 9.17) is 10.5 Å². The Kier molecular flexibility index (Phi) is 7.34. The first-order valence-electron chi connectivity index (χ1n) is 5.62. The van der Waals surface area contributed by atoms with E-state index >= 15 is 0 Å². The van der Waals surface area contributed by atoms with Crippen molar-refractivity contribution < 1.29 is 9.53 Å². The molecular weight excluding hydrogens is 192 g/mol. The Hall–Kier alpha value is -0.610. The second kappa shape index (κ2) is 7.65. The fraction of sp³-hybridized carbons (Fsp3) is 0.909. The van der Waals surface area contributed by atoms with Crippen LogP contribution in [0.5, 0.6) is 0 Å². The Morgan fingerprint density at radius 2 is 2.07 bits per heavy atom. The zero-order valence-corrected chi connectivity index (χ0v) is 10.3. The summed E-state index contributed by atoms with van der Waals surface area (Å²) in [4.78, 5) is 13.6. The number of rotatable bonds is 7. The Morgan fingerprint density at radius 1 is 1.47 bits per heavy atom. The van der Waals surface area contributed by atoms with Crippen molar-refractivity contribution in [1.29, 1.82) is 0 Å². The van der Waals surface area contributed by atoms with Gasteiger partial charge in [0.05, 0.1) is 7.11 Å². The van der Waals surface area contributed by atoms with Crippen molar-refractivity contribution in [3.05, 3.63) is 0 Å². The van der Waals surface area contributed by atoms with Gasteiger partial charge >= 0.3 is 5.97 Å². The predicted octanol–water partition coefficient (Wildman–Crippen LogP) is 0.855. The summed E-state index contributed by atoms with van der Waals surface area (Å²) in [6, 6.07) is -0.297. The van der Waals surface area contributed by atoms with Gasteiger partial charge in [0.2, 0.25) is 0 Å². The standard InChI is InChI=1S/C11H24N2O2/c1-5-9(3)8-13(6-2)10(7-12)11(14)15-4/h9-10H,5-8,12H2,1-4H3. The van der Waals surface area contributed by atoms with Gasteiger partial charge in [-0.2, -0.15) is 0 Å². The van der Waals surface area contributed by atoms with Gasteiger partial charge in [-0.1, -0.05) is 27.2 Å². The van der Waals surface area contributed by atoms with Crippen LogP contribution in [-0.4, -0.2) is 43.7 Å². The molecule has 0 aliphatic rings. The molecule has 4 nitrogen and oxygen atoms in total. The normalized spacial score (nSPS) is 15.1. The topological polar surface area (TPSA) is 55.6 Å². The molecule has 2 N–H and O–H groups in total. The van der Waals surface area contributed by atoms with Crippen LogP contribution in [0.1, 0.15) is 27.2 Å². The van der Waals surface area contributed by atoms with Crippen LogP contribution in [0.15, 0.2) is 0 Å².